The first-order chi connectivity index (χ1) is 19.1. The number of aliphatic imine (C=N–C) groups is 1. The molecule has 192 valence electrons. The summed E-state index contributed by atoms with van der Waals surface area (Å²) in [7, 11) is 0. The number of rotatable bonds is 7. The van der Waals surface area contributed by atoms with Crippen LogP contribution in [-0.2, 0) is 24.4 Å². The van der Waals surface area contributed by atoms with Crippen molar-refractivity contribution in [2.75, 3.05) is 0 Å². The number of nitrogens with zero attached hydrogens (tertiary/aromatic N) is 3. The molecule has 39 heavy (non-hydrogen) atoms. The smallest absolute Gasteiger partial charge is 0.267 e. The molecule has 1 aliphatic rings. The number of carbonyl (C=O) groups excluding carboxylic acids is 1. The summed E-state index contributed by atoms with van der Waals surface area (Å²) < 4.78 is 2.27. The van der Waals surface area contributed by atoms with Gasteiger partial charge in [0.15, 0.2) is 5.17 Å². The first kappa shape index (κ1) is 25.0. The first-order valence-electron chi connectivity index (χ1n) is 13.1. The SMILES string of the molecule is Cc1cccc(Cn2cc(/C=C3\SC(=NCc4ccccc4)N(Cc4ccccc4)C3=O)c3ccccc32)c1. The van der Waals surface area contributed by atoms with E-state index < -0.39 is 0 Å². The lowest BCUT2D eigenvalue weighted by Crippen LogP contribution is -2.28. The Labute approximate surface area is 233 Å². The standard InChI is InChI=1S/C34H29N3OS/c1-25-11-10-16-28(19-25)22-36-24-29(30-17-8-9-18-31(30)36)20-32-33(38)37(23-27-14-6-3-7-15-27)34(39-32)35-21-26-12-4-2-5-13-26/h2-20,24H,21-23H2,1H3/b32-20-,35-34?. The van der Waals surface area contributed by atoms with Gasteiger partial charge in [-0.25, -0.2) is 0 Å². The number of carbonyl (C=O) groups is 1. The van der Waals surface area contributed by atoms with Crippen molar-refractivity contribution in [1.29, 1.82) is 0 Å². The van der Waals surface area contributed by atoms with Crippen LogP contribution in [0.25, 0.3) is 17.0 Å². The molecule has 0 atom stereocenters. The Bertz CT molecular complexity index is 1690. The fourth-order valence-corrected chi connectivity index (χ4v) is 5.91. The highest BCUT2D eigenvalue weighted by atomic mass is 32.2. The zero-order chi connectivity index (χ0) is 26.6. The lowest BCUT2D eigenvalue weighted by molar-refractivity contribution is -0.122. The van der Waals surface area contributed by atoms with Crippen LogP contribution in [-0.4, -0.2) is 20.5 Å². The molecular weight excluding hydrogens is 498 g/mol. The Balaban J connectivity index is 1.35. The van der Waals surface area contributed by atoms with Crippen molar-refractivity contribution >= 4 is 39.8 Å². The molecule has 0 N–H and O–H groups in total. The molecule has 0 saturated carbocycles. The van der Waals surface area contributed by atoms with Gasteiger partial charge in [0.1, 0.15) is 0 Å². The molecule has 0 spiro atoms. The third-order valence-electron chi connectivity index (χ3n) is 6.85. The number of aryl methyl sites for hydroxylation is 1. The van der Waals surface area contributed by atoms with Gasteiger partial charge in [-0.05, 0) is 47.5 Å². The molecule has 6 rings (SSSR count). The maximum absolute atomic E-state index is 13.8. The number of benzene rings is 4. The van der Waals surface area contributed by atoms with Crippen LogP contribution in [0, 0.1) is 6.92 Å². The molecule has 0 radical (unpaired) electrons. The van der Waals surface area contributed by atoms with Crippen molar-refractivity contribution in [3.05, 3.63) is 148 Å². The largest absolute Gasteiger partial charge is 0.342 e. The summed E-state index contributed by atoms with van der Waals surface area (Å²) in [6, 6.07) is 37.3. The number of amides is 1. The van der Waals surface area contributed by atoms with Crippen LogP contribution in [0.15, 0.2) is 125 Å². The number of aromatic nitrogens is 1. The van der Waals surface area contributed by atoms with E-state index in [-0.39, 0.29) is 5.91 Å². The quantitative estimate of drug-likeness (QED) is 0.204. The number of hydrogen-bond acceptors (Lipinski definition) is 3. The maximum Gasteiger partial charge on any atom is 0.267 e. The Hall–Kier alpha value is -4.35. The molecule has 0 bridgehead atoms. The number of amidine groups is 1. The molecule has 1 amide bonds. The van der Waals surface area contributed by atoms with Crippen molar-refractivity contribution in [3.63, 3.8) is 0 Å². The van der Waals surface area contributed by atoms with Crippen molar-refractivity contribution in [2.45, 2.75) is 26.6 Å². The van der Waals surface area contributed by atoms with Gasteiger partial charge in [-0.2, -0.15) is 0 Å². The number of para-hydroxylation sites is 1. The van der Waals surface area contributed by atoms with Crippen molar-refractivity contribution in [2.24, 2.45) is 4.99 Å². The highest BCUT2D eigenvalue weighted by molar-refractivity contribution is 8.18. The zero-order valence-corrected chi connectivity index (χ0v) is 22.6. The Morgan fingerprint density at radius 3 is 2.23 bits per heavy atom. The van der Waals surface area contributed by atoms with Crippen LogP contribution < -0.4 is 0 Å². The summed E-state index contributed by atoms with van der Waals surface area (Å²) >= 11 is 1.46. The van der Waals surface area contributed by atoms with Gasteiger partial charge < -0.3 is 4.57 Å². The molecule has 1 aliphatic heterocycles. The van der Waals surface area contributed by atoms with Gasteiger partial charge >= 0.3 is 0 Å². The minimum Gasteiger partial charge on any atom is -0.342 e. The zero-order valence-electron chi connectivity index (χ0n) is 21.8. The van der Waals surface area contributed by atoms with E-state index >= 15 is 0 Å². The molecule has 1 aromatic heterocycles. The second-order valence-electron chi connectivity index (χ2n) is 9.79. The van der Waals surface area contributed by atoms with Gasteiger partial charge in [0.25, 0.3) is 5.91 Å². The van der Waals surface area contributed by atoms with E-state index in [0.29, 0.717) is 18.0 Å². The second-order valence-corrected chi connectivity index (χ2v) is 10.8. The van der Waals surface area contributed by atoms with Crippen molar-refractivity contribution < 1.29 is 4.79 Å². The van der Waals surface area contributed by atoms with Crippen LogP contribution in [0.3, 0.4) is 0 Å². The molecule has 0 aliphatic carbocycles. The van der Waals surface area contributed by atoms with Crippen LogP contribution in [0.2, 0.25) is 0 Å². The van der Waals surface area contributed by atoms with Crippen LogP contribution in [0.5, 0.6) is 0 Å². The molecule has 5 aromatic rings. The summed E-state index contributed by atoms with van der Waals surface area (Å²) in [5, 5.41) is 1.87. The highest BCUT2D eigenvalue weighted by Crippen LogP contribution is 2.35. The van der Waals surface area contributed by atoms with Crippen LogP contribution in [0.1, 0.15) is 27.8 Å². The Morgan fingerprint density at radius 2 is 1.46 bits per heavy atom. The molecule has 4 aromatic carbocycles. The Kier molecular flexibility index (Phi) is 7.15. The number of hydrogen-bond donors (Lipinski definition) is 0. The van der Waals surface area contributed by atoms with Crippen molar-refractivity contribution in [3.8, 4) is 0 Å². The fraction of sp³-hybridized carbons (Fsp3) is 0.118. The average molecular weight is 528 g/mol. The molecule has 1 fully saturated rings. The van der Waals surface area contributed by atoms with E-state index in [9.17, 15) is 4.79 Å². The number of fused-ring (bicyclic) bond motifs is 1. The fourth-order valence-electron chi connectivity index (χ4n) is 4.94. The summed E-state index contributed by atoms with van der Waals surface area (Å²) in [5.74, 6) is -0.00817. The lowest BCUT2D eigenvalue weighted by atomic mass is 10.1. The van der Waals surface area contributed by atoms with Crippen LogP contribution in [0.4, 0.5) is 0 Å². The molecule has 5 heteroatoms. The topological polar surface area (TPSA) is 37.6 Å². The van der Waals surface area contributed by atoms with Gasteiger partial charge in [0.05, 0.1) is 18.0 Å². The Morgan fingerprint density at radius 1 is 0.769 bits per heavy atom. The molecule has 0 unspecified atom stereocenters. The monoisotopic (exact) mass is 527 g/mol. The van der Waals surface area contributed by atoms with Gasteiger partial charge in [-0.15, -0.1) is 0 Å². The normalized spacial score (nSPS) is 15.6. The van der Waals surface area contributed by atoms with E-state index in [4.69, 9.17) is 4.99 Å². The van der Waals surface area contributed by atoms with E-state index in [2.05, 4.69) is 78.4 Å². The van der Waals surface area contributed by atoms with E-state index in [1.165, 1.54) is 22.9 Å². The summed E-state index contributed by atoms with van der Waals surface area (Å²) in [4.78, 5) is 21.1. The van der Waals surface area contributed by atoms with Gasteiger partial charge in [0, 0.05) is 29.2 Å². The van der Waals surface area contributed by atoms with E-state index in [0.717, 1.165) is 39.3 Å². The number of thioether (sulfide) groups is 1. The minimum absolute atomic E-state index is 0.00817. The summed E-state index contributed by atoms with van der Waals surface area (Å²) in [6.07, 6.45) is 4.19. The predicted octanol–water partition coefficient (Wildman–Crippen LogP) is 7.67. The third-order valence-corrected chi connectivity index (χ3v) is 7.90. The highest BCUT2D eigenvalue weighted by Gasteiger charge is 2.33. The summed E-state index contributed by atoms with van der Waals surface area (Å²) in [6.45, 7) is 3.92. The van der Waals surface area contributed by atoms with E-state index in [1.54, 1.807) is 4.90 Å². The molecule has 1 saturated heterocycles. The molecular formula is C34H29N3OS. The van der Waals surface area contributed by atoms with Crippen LogP contribution >= 0.6 is 11.8 Å². The van der Waals surface area contributed by atoms with Crippen molar-refractivity contribution in [1.82, 2.24) is 9.47 Å². The lowest BCUT2D eigenvalue weighted by Gasteiger charge is -2.15. The molecule has 4 nitrogen and oxygen atoms in total. The second kappa shape index (κ2) is 11.2. The third kappa shape index (κ3) is 5.59. The summed E-state index contributed by atoms with van der Waals surface area (Å²) in [5.41, 5.74) is 6.90. The average Bonchev–Trinajstić information content (AvgIpc) is 3.45. The van der Waals surface area contributed by atoms with Gasteiger partial charge in [-0.3, -0.25) is 14.7 Å². The van der Waals surface area contributed by atoms with E-state index in [1.807, 2.05) is 54.6 Å². The predicted molar refractivity (Wildman–Crippen MR) is 162 cm³/mol. The molecule has 2 heterocycles. The first-order valence-corrected chi connectivity index (χ1v) is 13.9. The minimum atomic E-state index is -0.00817. The van der Waals surface area contributed by atoms with Gasteiger partial charge in [0.2, 0.25) is 0 Å². The van der Waals surface area contributed by atoms with Gasteiger partial charge in [-0.1, -0.05) is 109 Å². The maximum atomic E-state index is 13.8.